The molecule has 110 valence electrons. The minimum atomic E-state index is -1.07. The third-order valence-electron chi connectivity index (χ3n) is 2.11. The van der Waals surface area contributed by atoms with Crippen LogP contribution in [0.4, 0.5) is 14.9 Å². The van der Waals surface area contributed by atoms with Crippen LogP contribution in [-0.2, 0) is 0 Å². The highest BCUT2D eigenvalue weighted by Crippen LogP contribution is 2.33. The summed E-state index contributed by atoms with van der Waals surface area (Å²) in [5, 5.41) is 13.2. The second-order valence-corrected chi connectivity index (χ2v) is 4.98. The predicted molar refractivity (Wildman–Crippen MR) is 68.5 cm³/mol. The molecule has 8 heteroatoms. The van der Waals surface area contributed by atoms with E-state index >= 15 is 0 Å². The third-order valence-corrected chi connectivity index (χ3v) is 2.11. The summed E-state index contributed by atoms with van der Waals surface area (Å²) in [6, 6.07) is 1.59. The number of nitro groups is 1. The zero-order chi connectivity index (χ0) is 15.5. The summed E-state index contributed by atoms with van der Waals surface area (Å²) < 4.78 is 23.1. The number of benzene rings is 1. The molecule has 1 rings (SSSR count). The summed E-state index contributed by atoms with van der Waals surface area (Å²) in [5.74, 6) is -1.42. The Balaban J connectivity index is 3.07. The average Bonchev–Trinajstić information content (AvgIpc) is 2.27. The SMILES string of the molecule is COc1cc(F)c([N+](=O)[O-])cc1OC(=O)NC(C)(C)C. The first-order chi connectivity index (χ1) is 9.14. The van der Waals surface area contributed by atoms with E-state index in [0.29, 0.717) is 0 Å². The fraction of sp³-hybridized carbons (Fsp3) is 0.417. The van der Waals surface area contributed by atoms with E-state index in [1.54, 1.807) is 20.8 Å². The van der Waals surface area contributed by atoms with Gasteiger partial charge in [-0.2, -0.15) is 4.39 Å². The fourth-order valence-corrected chi connectivity index (χ4v) is 1.34. The molecule has 1 amide bonds. The normalized spacial score (nSPS) is 10.8. The number of carbonyl (C=O) groups excluding carboxylic acids is 1. The van der Waals surface area contributed by atoms with Crippen LogP contribution < -0.4 is 14.8 Å². The number of ether oxygens (including phenoxy) is 2. The number of methoxy groups -OCH3 is 1. The van der Waals surface area contributed by atoms with E-state index in [1.165, 1.54) is 7.11 Å². The zero-order valence-electron chi connectivity index (χ0n) is 11.5. The van der Waals surface area contributed by atoms with Crippen LogP contribution in [0.1, 0.15) is 20.8 Å². The topological polar surface area (TPSA) is 90.7 Å². The van der Waals surface area contributed by atoms with Crippen molar-refractivity contribution in [3.8, 4) is 11.5 Å². The first-order valence-corrected chi connectivity index (χ1v) is 5.66. The molecule has 0 aromatic heterocycles. The zero-order valence-corrected chi connectivity index (χ0v) is 11.5. The Labute approximate surface area is 114 Å². The molecule has 0 radical (unpaired) electrons. The van der Waals surface area contributed by atoms with Crippen LogP contribution in [-0.4, -0.2) is 23.7 Å². The maximum Gasteiger partial charge on any atom is 0.413 e. The van der Waals surface area contributed by atoms with Gasteiger partial charge in [-0.25, -0.2) is 4.79 Å². The molecule has 0 heterocycles. The lowest BCUT2D eigenvalue weighted by atomic mass is 10.1. The number of rotatable bonds is 3. The van der Waals surface area contributed by atoms with E-state index in [1.807, 2.05) is 0 Å². The molecule has 0 spiro atoms. The van der Waals surface area contributed by atoms with Gasteiger partial charge >= 0.3 is 11.8 Å². The van der Waals surface area contributed by atoms with Crippen LogP contribution in [0.5, 0.6) is 11.5 Å². The number of halogens is 1. The van der Waals surface area contributed by atoms with Gasteiger partial charge in [-0.05, 0) is 20.8 Å². The van der Waals surface area contributed by atoms with E-state index in [2.05, 4.69) is 5.32 Å². The van der Waals surface area contributed by atoms with E-state index < -0.39 is 28.1 Å². The summed E-state index contributed by atoms with van der Waals surface area (Å²) in [4.78, 5) is 21.4. The maximum atomic E-state index is 13.4. The van der Waals surface area contributed by atoms with Crippen LogP contribution in [0.2, 0.25) is 0 Å². The molecule has 0 aliphatic carbocycles. The standard InChI is InChI=1S/C12H15FN2O5/c1-12(2,3)14-11(16)20-10-6-8(15(17)18)7(13)5-9(10)19-4/h5-6H,1-4H3,(H,14,16). The van der Waals surface area contributed by atoms with Gasteiger partial charge in [0.1, 0.15) is 0 Å². The lowest BCUT2D eigenvalue weighted by molar-refractivity contribution is -0.387. The Kier molecular flexibility index (Phi) is 4.49. The molecular formula is C12H15FN2O5. The van der Waals surface area contributed by atoms with Gasteiger partial charge in [0.25, 0.3) is 0 Å². The molecule has 1 aromatic rings. The van der Waals surface area contributed by atoms with E-state index in [-0.39, 0.29) is 11.5 Å². The number of nitrogens with one attached hydrogen (secondary N) is 1. The highest BCUT2D eigenvalue weighted by atomic mass is 19.1. The van der Waals surface area contributed by atoms with Crippen LogP contribution in [0, 0.1) is 15.9 Å². The van der Waals surface area contributed by atoms with Crippen LogP contribution in [0.3, 0.4) is 0 Å². The molecule has 0 atom stereocenters. The van der Waals surface area contributed by atoms with Crippen molar-refractivity contribution in [2.24, 2.45) is 0 Å². The highest BCUT2D eigenvalue weighted by Gasteiger charge is 2.23. The molecular weight excluding hydrogens is 271 g/mol. The van der Waals surface area contributed by atoms with Crippen molar-refractivity contribution >= 4 is 11.8 Å². The molecule has 0 unspecified atom stereocenters. The maximum absolute atomic E-state index is 13.4. The van der Waals surface area contributed by atoms with Gasteiger partial charge < -0.3 is 14.8 Å². The summed E-state index contributed by atoms with van der Waals surface area (Å²) >= 11 is 0. The average molecular weight is 286 g/mol. The van der Waals surface area contributed by atoms with Gasteiger partial charge in [0.2, 0.25) is 5.82 Å². The summed E-state index contributed by atoms with van der Waals surface area (Å²) in [6.45, 7) is 5.20. The van der Waals surface area contributed by atoms with Crippen LogP contribution in [0.25, 0.3) is 0 Å². The van der Waals surface area contributed by atoms with Crippen molar-refractivity contribution in [1.82, 2.24) is 5.32 Å². The number of carbonyl (C=O) groups is 1. The third kappa shape index (κ3) is 4.08. The largest absolute Gasteiger partial charge is 0.493 e. The first kappa shape index (κ1) is 15.7. The smallest absolute Gasteiger partial charge is 0.413 e. The van der Waals surface area contributed by atoms with Crippen LogP contribution >= 0.6 is 0 Å². The number of amides is 1. The molecule has 0 aliphatic rings. The number of hydrogen-bond donors (Lipinski definition) is 1. The second kappa shape index (κ2) is 5.72. The van der Waals surface area contributed by atoms with Crippen molar-refractivity contribution in [2.75, 3.05) is 7.11 Å². The van der Waals surface area contributed by atoms with Gasteiger partial charge in [0.15, 0.2) is 11.5 Å². The highest BCUT2D eigenvalue weighted by molar-refractivity contribution is 5.72. The number of nitrogens with zero attached hydrogens (tertiary/aromatic N) is 1. The Hall–Kier alpha value is -2.38. The number of nitro benzene ring substituents is 1. The molecule has 0 fully saturated rings. The molecule has 0 aliphatic heterocycles. The fourth-order valence-electron chi connectivity index (χ4n) is 1.34. The van der Waals surface area contributed by atoms with Gasteiger partial charge in [0, 0.05) is 11.6 Å². The molecule has 7 nitrogen and oxygen atoms in total. The minimum absolute atomic E-state index is 0.114. The molecule has 1 N–H and O–H groups in total. The van der Waals surface area contributed by atoms with Crippen molar-refractivity contribution in [1.29, 1.82) is 0 Å². The van der Waals surface area contributed by atoms with Crippen LogP contribution in [0.15, 0.2) is 12.1 Å². The van der Waals surface area contributed by atoms with Crippen molar-refractivity contribution in [3.05, 3.63) is 28.1 Å². The molecule has 1 aromatic carbocycles. The van der Waals surface area contributed by atoms with Gasteiger partial charge in [-0.1, -0.05) is 0 Å². The minimum Gasteiger partial charge on any atom is -0.493 e. The Morgan fingerprint density at radius 2 is 1.95 bits per heavy atom. The van der Waals surface area contributed by atoms with Gasteiger partial charge in [0.05, 0.1) is 18.1 Å². The Bertz CT molecular complexity index is 539. The van der Waals surface area contributed by atoms with E-state index in [0.717, 1.165) is 12.1 Å². The van der Waals surface area contributed by atoms with E-state index in [4.69, 9.17) is 9.47 Å². The molecule has 0 saturated heterocycles. The summed E-state index contributed by atoms with van der Waals surface area (Å²) in [7, 11) is 1.23. The first-order valence-electron chi connectivity index (χ1n) is 5.66. The van der Waals surface area contributed by atoms with Gasteiger partial charge in [-0.15, -0.1) is 0 Å². The monoisotopic (exact) mass is 286 g/mol. The lowest BCUT2D eigenvalue weighted by Gasteiger charge is -2.20. The van der Waals surface area contributed by atoms with Gasteiger partial charge in [-0.3, -0.25) is 10.1 Å². The Morgan fingerprint density at radius 3 is 2.40 bits per heavy atom. The Morgan fingerprint density at radius 1 is 1.35 bits per heavy atom. The molecule has 0 bridgehead atoms. The summed E-state index contributed by atoms with van der Waals surface area (Å²) in [6.07, 6.45) is -0.822. The molecule has 0 saturated carbocycles. The van der Waals surface area contributed by atoms with Crippen molar-refractivity contribution < 1.29 is 23.6 Å². The second-order valence-electron chi connectivity index (χ2n) is 4.98. The lowest BCUT2D eigenvalue weighted by Crippen LogP contribution is -2.42. The molecule has 20 heavy (non-hydrogen) atoms. The van der Waals surface area contributed by atoms with E-state index in [9.17, 15) is 19.3 Å². The van der Waals surface area contributed by atoms with Crippen molar-refractivity contribution in [2.45, 2.75) is 26.3 Å². The summed E-state index contributed by atoms with van der Waals surface area (Å²) in [5.41, 5.74) is -1.35. The van der Waals surface area contributed by atoms with Crippen molar-refractivity contribution in [3.63, 3.8) is 0 Å². The number of hydrogen-bond acceptors (Lipinski definition) is 5. The quantitative estimate of drug-likeness (QED) is 0.681. The predicted octanol–water partition coefficient (Wildman–Crippen LogP) is 2.63.